The lowest BCUT2D eigenvalue weighted by molar-refractivity contribution is -0.142. The average molecular weight is 356 g/mol. The molecule has 0 aliphatic heterocycles. The molecule has 1 N–H and O–H groups in total. The maximum atomic E-state index is 12.4. The van der Waals surface area contributed by atoms with Crippen LogP contribution >= 0.6 is 0 Å². The Morgan fingerprint density at radius 1 is 1.27 bits per heavy atom. The number of carbonyl (C=O) groups excluding carboxylic acids is 2. The van der Waals surface area contributed by atoms with Crippen molar-refractivity contribution in [2.75, 3.05) is 13.7 Å². The molecule has 1 fully saturated rings. The zero-order chi connectivity index (χ0) is 18.9. The number of benzene rings is 1. The third kappa shape index (κ3) is 5.62. The SMILES string of the molecule is COC(=O)COc1ccc(/C=C(\C#N)C(=O)NC2CCCCC2C)cc1. The molecule has 6 heteroatoms. The Bertz CT molecular complexity index is 704. The van der Waals surface area contributed by atoms with E-state index < -0.39 is 5.97 Å². The Balaban J connectivity index is 1.99. The van der Waals surface area contributed by atoms with E-state index in [0.717, 1.165) is 19.3 Å². The first-order valence-electron chi connectivity index (χ1n) is 8.76. The molecule has 138 valence electrons. The molecular weight excluding hydrogens is 332 g/mol. The Labute approximate surface area is 153 Å². The summed E-state index contributed by atoms with van der Waals surface area (Å²) >= 11 is 0. The molecule has 1 aromatic rings. The van der Waals surface area contributed by atoms with E-state index in [2.05, 4.69) is 17.0 Å². The van der Waals surface area contributed by atoms with Gasteiger partial charge >= 0.3 is 5.97 Å². The van der Waals surface area contributed by atoms with Crippen LogP contribution in [0.25, 0.3) is 6.08 Å². The predicted molar refractivity (Wildman–Crippen MR) is 97.1 cm³/mol. The van der Waals surface area contributed by atoms with Gasteiger partial charge in [0.1, 0.15) is 17.4 Å². The van der Waals surface area contributed by atoms with Crippen molar-refractivity contribution in [2.45, 2.75) is 38.6 Å². The third-order valence-corrected chi connectivity index (χ3v) is 4.57. The van der Waals surface area contributed by atoms with Crippen LogP contribution in [0, 0.1) is 17.2 Å². The molecule has 0 radical (unpaired) electrons. The Hall–Kier alpha value is -2.81. The molecule has 0 saturated heterocycles. The quantitative estimate of drug-likeness (QED) is 0.481. The number of carbonyl (C=O) groups is 2. The maximum Gasteiger partial charge on any atom is 0.343 e. The highest BCUT2D eigenvalue weighted by Gasteiger charge is 2.24. The monoisotopic (exact) mass is 356 g/mol. The number of rotatable bonds is 6. The van der Waals surface area contributed by atoms with E-state index in [0.29, 0.717) is 17.2 Å². The minimum absolute atomic E-state index is 0.0750. The topological polar surface area (TPSA) is 88.4 Å². The van der Waals surface area contributed by atoms with Crippen LogP contribution in [0.3, 0.4) is 0 Å². The molecular formula is C20H24N2O4. The summed E-state index contributed by atoms with van der Waals surface area (Å²) in [6.45, 7) is 1.96. The summed E-state index contributed by atoms with van der Waals surface area (Å²) in [5.74, 6) is 0.136. The van der Waals surface area contributed by atoms with Gasteiger partial charge in [-0.15, -0.1) is 0 Å². The molecule has 0 bridgehead atoms. The van der Waals surface area contributed by atoms with Crippen LogP contribution in [0.5, 0.6) is 5.75 Å². The minimum Gasteiger partial charge on any atom is -0.482 e. The summed E-state index contributed by atoms with van der Waals surface area (Å²) in [7, 11) is 1.29. The number of hydrogen-bond donors (Lipinski definition) is 1. The number of methoxy groups -OCH3 is 1. The van der Waals surface area contributed by atoms with Crippen molar-refractivity contribution >= 4 is 18.0 Å². The predicted octanol–water partition coefficient (Wildman–Crippen LogP) is 2.84. The van der Waals surface area contributed by atoms with Gasteiger partial charge in [-0.3, -0.25) is 4.79 Å². The lowest BCUT2D eigenvalue weighted by atomic mass is 9.86. The van der Waals surface area contributed by atoms with Gasteiger partial charge in [0.15, 0.2) is 6.61 Å². The van der Waals surface area contributed by atoms with E-state index in [-0.39, 0.29) is 24.1 Å². The van der Waals surface area contributed by atoms with Crippen molar-refractivity contribution < 1.29 is 19.1 Å². The minimum atomic E-state index is -0.464. The fourth-order valence-electron chi connectivity index (χ4n) is 2.95. The van der Waals surface area contributed by atoms with Crippen molar-refractivity contribution in [2.24, 2.45) is 5.92 Å². The normalized spacial score (nSPS) is 20.0. The van der Waals surface area contributed by atoms with Crippen molar-refractivity contribution in [3.05, 3.63) is 35.4 Å². The second-order valence-corrected chi connectivity index (χ2v) is 6.45. The number of hydrogen-bond acceptors (Lipinski definition) is 5. The fourth-order valence-corrected chi connectivity index (χ4v) is 2.95. The highest BCUT2D eigenvalue weighted by molar-refractivity contribution is 6.01. The average Bonchev–Trinajstić information content (AvgIpc) is 2.66. The number of nitriles is 1. The van der Waals surface area contributed by atoms with E-state index in [9.17, 15) is 14.9 Å². The highest BCUT2D eigenvalue weighted by Crippen LogP contribution is 2.24. The van der Waals surface area contributed by atoms with Gasteiger partial charge in [-0.05, 0) is 42.5 Å². The van der Waals surface area contributed by atoms with E-state index in [1.165, 1.54) is 13.5 Å². The molecule has 1 aliphatic rings. The Morgan fingerprint density at radius 3 is 2.58 bits per heavy atom. The first kappa shape index (κ1) is 19.5. The molecule has 2 atom stereocenters. The van der Waals surface area contributed by atoms with Crippen molar-refractivity contribution in [3.8, 4) is 11.8 Å². The van der Waals surface area contributed by atoms with Gasteiger partial charge in [0, 0.05) is 6.04 Å². The molecule has 1 aliphatic carbocycles. The number of ether oxygens (including phenoxy) is 2. The van der Waals surface area contributed by atoms with Crippen LogP contribution < -0.4 is 10.1 Å². The fraction of sp³-hybridized carbons (Fsp3) is 0.450. The zero-order valence-electron chi connectivity index (χ0n) is 15.2. The van der Waals surface area contributed by atoms with Gasteiger partial charge in [-0.2, -0.15) is 5.26 Å². The molecule has 26 heavy (non-hydrogen) atoms. The molecule has 1 saturated carbocycles. The number of nitrogens with zero attached hydrogens (tertiary/aromatic N) is 1. The second kappa shape index (κ2) is 9.62. The molecule has 2 rings (SSSR count). The zero-order valence-corrected chi connectivity index (χ0v) is 15.2. The van der Waals surface area contributed by atoms with E-state index in [1.807, 2.05) is 6.07 Å². The first-order valence-corrected chi connectivity index (χ1v) is 8.76. The Morgan fingerprint density at radius 2 is 1.96 bits per heavy atom. The molecule has 1 aromatic carbocycles. The van der Waals surface area contributed by atoms with Crippen LogP contribution in [0.4, 0.5) is 0 Å². The molecule has 0 heterocycles. The van der Waals surface area contributed by atoms with E-state index >= 15 is 0 Å². The Kier molecular flexibility index (Phi) is 7.22. The lowest BCUT2D eigenvalue weighted by Crippen LogP contribution is -2.41. The summed E-state index contributed by atoms with van der Waals surface area (Å²) < 4.78 is 9.77. The molecule has 2 unspecified atom stereocenters. The van der Waals surface area contributed by atoms with Crippen LogP contribution in [0.1, 0.15) is 38.2 Å². The van der Waals surface area contributed by atoms with Gasteiger partial charge in [-0.1, -0.05) is 31.9 Å². The summed E-state index contributed by atoms with van der Waals surface area (Å²) in [5, 5.41) is 12.3. The smallest absolute Gasteiger partial charge is 0.343 e. The summed E-state index contributed by atoms with van der Waals surface area (Å²) in [4.78, 5) is 23.5. The van der Waals surface area contributed by atoms with Gasteiger partial charge in [-0.25, -0.2) is 4.79 Å². The third-order valence-electron chi connectivity index (χ3n) is 4.57. The lowest BCUT2D eigenvalue weighted by Gasteiger charge is -2.29. The maximum absolute atomic E-state index is 12.4. The van der Waals surface area contributed by atoms with Crippen molar-refractivity contribution in [1.82, 2.24) is 5.32 Å². The van der Waals surface area contributed by atoms with E-state index in [1.54, 1.807) is 30.3 Å². The van der Waals surface area contributed by atoms with Gasteiger partial charge in [0.2, 0.25) is 0 Å². The number of amides is 1. The second-order valence-electron chi connectivity index (χ2n) is 6.45. The molecule has 0 spiro atoms. The highest BCUT2D eigenvalue weighted by atomic mass is 16.6. The van der Waals surface area contributed by atoms with Gasteiger partial charge in [0.25, 0.3) is 5.91 Å². The van der Waals surface area contributed by atoms with Crippen molar-refractivity contribution in [1.29, 1.82) is 5.26 Å². The summed E-state index contributed by atoms with van der Waals surface area (Å²) in [6.07, 6.45) is 5.90. The van der Waals surface area contributed by atoms with Gasteiger partial charge in [0.05, 0.1) is 7.11 Å². The van der Waals surface area contributed by atoms with Gasteiger partial charge < -0.3 is 14.8 Å². The van der Waals surface area contributed by atoms with Crippen LogP contribution in [0.2, 0.25) is 0 Å². The first-order chi connectivity index (χ1) is 12.5. The van der Waals surface area contributed by atoms with Crippen LogP contribution in [-0.4, -0.2) is 31.6 Å². The number of esters is 1. The van der Waals surface area contributed by atoms with E-state index in [4.69, 9.17) is 4.74 Å². The van der Waals surface area contributed by atoms with Crippen LogP contribution in [0.15, 0.2) is 29.8 Å². The largest absolute Gasteiger partial charge is 0.482 e. The summed E-state index contributed by atoms with van der Waals surface area (Å²) in [6, 6.07) is 8.89. The molecule has 6 nitrogen and oxygen atoms in total. The number of nitrogens with one attached hydrogen (secondary N) is 1. The standard InChI is InChI=1S/C20H24N2O4/c1-14-5-3-4-6-18(14)22-20(24)16(12-21)11-15-7-9-17(10-8-15)26-13-19(23)25-2/h7-11,14,18H,3-6,13H2,1-2H3,(H,22,24)/b16-11+. The summed E-state index contributed by atoms with van der Waals surface area (Å²) in [5.41, 5.74) is 0.782. The van der Waals surface area contributed by atoms with Crippen molar-refractivity contribution in [3.63, 3.8) is 0 Å². The molecule has 0 aromatic heterocycles. The van der Waals surface area contributed by atoms with Crippen LogP contribution in [-0.2, 0) is 14.3 Å². The molecule has 1 amide bonds.